The molecule has 2 atom stereocenters. The number of nitrogens with zero attached hydrogens (tertiary/aromatic N) is 2. The van der Waals surface area contributed by atoms with E-state index in [1.54, 1.807) is 0 Å². The molecule has 1 saturated carbocycles. The molecule has 178 valence electrons. The van der Waals surface area contributed by atoms with Crippen molar-refractivity contribution in [1.82, 2.24) is 14.9 Å². The first-order valence-corrected chi connectivity index (χ1v) is 11.7. The van der Waals surface area contributed by atoms with Gasteiger partial charge in [-0.05, 0) is 49.9 Å². The third-order valence-corrected chi connectivity index (χ3v) is 5.81. The normalized spacial score (nSPS) is 19.0. The monoisotopic (exact) mass is 446 g/mol. The average molecular weight is 447 g/mol. The number of imidazole rings is 1. The Morgan fingerprint density at radius 2 is 1.97 bits per heavy atom. The number of nitrogens with two attached hydrogens (primary N) is 1. The smallest absolute Gasteiger partial charge is 0.290 e. The van der Waals surface area contributed by atoms with Crippen LogP contribution in [-0.2, 0) is 17.8 Å². The van der Waals surface area contributed by atoms with Crippen molar-refractivity contribution in [3.63, 3.8) is 0 Å². The first-order chi connectivity index (χ1) is 15.4. The highest BCUT2D eigenvalue weighted by Gasteiger charge is 2.23. The van der Waals surface area contributed by atoms with E-state index in [4.69, 9.17) is 20.6 Å². The van der Waals surface area contributed by atoms with Gasteiger partial charge in [0.2, 0.25) is 0 Å². The maximum absolute atomic E-state index is 12.9. The molecule has 1 heterocycles. The van der Waals surface area contributed by atoms with Crippen molar-refractivity contribution in [3.8, 4) is 0 Å². The predicted molar refractivity (Wildman–Crippen MR) is 126 cm³/mol. The van der Waals surface area contributed by atoms with Crippen LogP contribution in [-0.4, -0.2) is 50.8 Å². The van der Waals surface area contributed by atoms with Crippen molar-refractivity contribution < 1.29 is 19.8 Å². The summed E-state index contributed by atoms with van der Waals surface area (Å²) in [6.07, 6.45) is 7.32. The molecular weight excluding hydrogens is 408 g/mol. The average Bonchev–Trinajstić information content (AvgIpc) is 3.07. The molecule has 5 N–H and O–H groups in total. The molecule has 0 unspecified atom stereocenters. The molecule has 1 aromatic carbocycles. The Bertz CT molecular complexity index is 865. The van der Waals surface area contributed by atoms with Crippen LogP contribution in [0, 0.1) is 5.92 Å². The summed E-state index contributed by atoms with van der Waals surface area (Å²) in [5, 5.41) is 20.4. The Labute approximate surface area is 190 Å². The zero-order valence-electron chi connectivity index (χ0n) is 19.3. The Kier molecular flexibility index (Phi) is 10.6. The number of aliphatic hydroxyl groups excluding tert-OH is 1. The van der Waals surface area contributed by atoms with Crippen LogP contribution in [0.1, 0.15) is 75.0 Å². The number of aromatic nitrogens is 2. The SMILES string of the molecule is CC(C)Cc1nc2ccc(C(=O)N[C@H]3CCCCCC[C@@H]3O)cc2n1CCCN.O=CO. The molecule has 0 spiro atoms. The van der Waals surface area contributed by atoms with Crippen LogP contribution in [0.15, 0.2) is 18.2 Å². The molecule has 1 aliphatic rings. The maximum atomic E-state index is 12.9. The number of carbonyl (C=O) groups excluding carboxylic acids is 1. The molecule has 1 aliphatic carbocycles. The third-order valence-electron chi connectivity index (χ3n) is 5.81. The minimum absolute atomic E-state index is 0.117. The standard InChI is InChI=1S/C23H36N4O2.CH2O2/c1-16(2)14-22-25-18-11-10-17(15-20(18)27(22)13-7-12-24)23(29)26-19-8-5-3-4-6-9-21(19)28;2-1-3/h10-11,15-16,19,21,28H,3-9,12-14,24H2,1-2H3,(H,26,29);1H,(H,2,3)/t19-,21-;/m0./s1. The van der Waals surface area contributed by atoms with E-state index in [2.05, 4.69) is 23.7 Å². The van der Waals surface area contributed by atoms with Gasteiger partial charge in [-0.15, -0.1) is 0 Å². The van der Waals surface area contributed by atoms with Gasteiger partial charge < -0.3 is 25.8 Å². The number of rotatable bonds is 7. The molecule has 2 aromatic rings. The lowest BCUT2D eigenvalue weighted by molar-refractivity contribution is -0.122. The summed E-state index contributed by atoms with van der Waals surface area (Å²) in [6, 6.07) is 5.54. The molecule has 0 saturated heterocycles. The van der Waals surface area contributed by atoms with E-state index in [1.807, 2.05) is 18.2 Å². The fourth-order valence-electron chi connectivity index (χ4n) is 4.22. The topological polar surface area (TPSA) is 130 Å². The zero-order chi connectivity index (χ0) is 23.5. The molecule has 1 fully saturated rings. The number of aryl methyl sites for hydroxylation is 1. The number of hydrogen-bond acceptors (Lipinski definition) is 5. The van der Waals surface area contributed by atoms with Crippen LogP contribution < -0.4 is 11.1 Å². The Morgan fingerprint density at radius 1 is 1.28 bits per heavy atom. The van der Waals surface area contributed by atoms with Crippen molar-refractivity contribution in [1.29, 1.82) is 0 Å². The number of amides is 1. The van der Waals surface area contributed by atoms with E-state index in [9.17, 15) is 9.90 Å². The van der Waals surface area contributed by atoms with Gasteiger partial charge >= 0.3 is 0 Å². The number of nitrogens with one attached hydrogen (secondary N) is 1. The fraction of sp³-hybridized carbons (Fsp3) is 0.625. The van der Waals surface area contributed by atoms with Crippen LogP contribution in [0.4, 0.5) is 0 Å². The quantitative estimate of drug-likeness (QED) is 0.484. The predicted octanol–water partition coefficient (Wildman–Crippen LogP) is 3.10. The third kappa shape index (κ3) is 7.31. The first-order valence-electron chi connectivity index (χ1n) is 11.7. The molecule has 1 amide bonds. The van der Waals surface area contributed by atoms with Crippen LogP contribution in [0.5, 0.6) is 0 Å². The Morgan fingerprint density at radius 3 is 2.62 bits per heavy atom. The molecule has 0 bridgehead atoms. The van der Waals surface area contributed by atoms with E-state index in [0.717, 1.165) is 61.9 Å². The van der Waals surface area contributed by atoms with Gasteiger partial charge in [-0.1, -0.05) is 39.5 Å². The molecule has 8 heteroatoms. The van der Waals surface area contributed by atoms with Crippen LogP contribution in [0.2, 0.25) is 0 Å². The molecular formula is C24H38N4O4. The lowest BCUT2D eigenvalue weighted by atomic mass is 9.94. The lowest BCUT2D eigenvalue weighted by Crippen LogP contribution is -2.43. The van der Waals surface area contributed by atoms with Gasteiger partial charge in [0.25, 0.3) is 12.4 Å². The van der Waals surface area contributed by atoms with Crippen LogP contribution >= 0.6 is 0 Å². The summed E-state index contributed by atoms with van der Waals surface area (Å²) in [6.45, 7) is 5.56. The van der Waals surface area contributed by atoms with E-state index in [-0.39, 0.29) is 18.4 Å². The largest absolute Gasteiger partial charge is 0.483 e. The van der Waals surface area contributed by atoms with Gasteiger partial charge in [-0.25, -0.2) is 4.98 Å². The summed E-state index contributed by atoms with van der Waals surface area (Å²) in [5.41, 5.74) is 8.26. The second-order valence-electron chi connectivity index (χ2n) is 8.87. The second-order valence-corrected chi connectivity index (χ2v) is 8.87. The molecule has 0 radical (unpaired) electrons. The number of hydrogen-bond donors (Lipinski definition) is 4. The van der Waals surface area contributed by atoms with Gasteiger partial charge in [-0.3, -0.25) is 9.59 Å². The Hall–Kier alpha value is -2.45. The van der Waals surface area contributed by atoms with E-state index in [0.29, 0.717) is 18.0 Å². The van der Waals surface area contributed by atoms with Crippen molar-refractivity contribution in [2.75, 3.05) is 6.54 Å². The van der Waals surface area contributed by atoms with Gasteiger partial charge in [0.1, 0.15) is 5.82 Å². The summed E-state index contributed by atoms with van der Waals surface area (Å²) in [5.74, 6) is 1.44. The summed E-state index contributed by atoms with van der Waals surface area (Å²) < 4.78 is 2.21. The minimum Gasteiger partial charge on any atom is -0.483 e. The number of fused-ring (bicyclic) bond motifs is 1. The van der Waals surface area contributed by atoms with E-state index < -0.39 is 6.10 Å². The van der Waals surface area contributed by atoms with Crippen molar-refractivity contribution in [2.24, 2.45) is 11.7 Å². The molecule has 3 rings (SSSR count). The number of carboxylic acid groups (broad SMARTS) is 1. The highest BCUT2D eigenvalue weighted by molar-refractivity contribution is 5.97. The first kappa shape index (κ1) is 25.8. The van der Waals surface area contributed by atoms with Crippen molar-refractivity contribution in [3.05, 3.63) is 29.6 Å². The maximum Gasteiger partial charge on any atom is 0.290 e. The summed E-state index contributed by atoms with van der Waals surface area (Å²) in [7, 11) is 0. The highest BCUT2D eigenvalue weighted by atomic mass is 16.3. The van der Waals surface area contributed by atoms with E-state index in [1.165, 1.54) is 12.8 Å². The number of benzene rings is 1. The van der Waals surface area contributed by atoms with Crippen molar-refractivity contribution in [2.45, 2.75) is 83.9 Å². The van der Waals surface area contributed by atoms with Crippen LogP contribution in [0.25, 0.3) is 11.0 Å². The van der Waals surface area contributed by atoms with Gasteiger partial charge in [0, 0.05) is 18.5 Å². The molecule has 0 aliphatic heterocycles. The number of aliphatic hydroxyl groups is 1. The molecule has 8 nitrogen and oxygen atoms in total. The summed E-state index contributed by atoms with van der Waals surface area (Å²) in [4.78, 5) is 26.1. The van der Waals surface area contributed by atoms with E-state index >= 15 is 0 Å². The van der Waals surface area contributed by atoms with Crippen LogP contribution in [0.3, 0.4) is 0 Å². The second kappa shape index (κ2) is 13.2. The zero-order valence-corrected chi connectivity index (χ0v) is 19.3. The van der Waals surface area contributed by atoms with Gasteiger partial charge in [0.15, 0.2) is 0 Å². The van der Waals surface area contributed by atoms with Gasteiger partial charge in [0.05, 0.1) is 23.2 Å². The van der Waals surface area contributed by atoms with Gasteiger partial charge in [-0.2, -0.15) is 0 Å². The Balaban J connectivity index is 0.00000114. The number of carbonyl (C=O) groups is 2. The highest BCUT2D eigenvalue weighted by Crippen LogP contribution is 2.22. The lowest BCUT2D eigenvalue weighted by Gasteiger charge is -2.26. The molecule has 1 aromatic heterocycles. The molecule has 32 heavy (non-hydrogen) atoms. The fourth-order valence-corrected chi connectivity index (χ4v) is 4.22. The minimum atomic E-state index is -0.462. The van der Waals surface area contributed by atoms with Crippen molar-refractivity contribution >= 4 is 23.4 Å². The summed E-state index contributed by atoms with van der Waals surface area (Å²) >= 11 is 0.